The van der Waals surface area contributed by atoms with Gasteiger partial charge in [-0.2, -0.15) is 5.10 Å². The molecule has 1 N–H and O–H groups in total. The predicted octanol–water partition coefficient (Wildman–Crippen LogP) is 2.83. The van der Waals surface area contributed by atoms with Gasteiger partial charge in [-0.15, -0.1) is 0 Å². The first kappa shape index (κ1) is 20.2. The van der Waals surface area contributed by atoms with Crippen LogP contribution in [0.2, 0.25) is 0 Å². The molecule has 158 valence electrons. The van der Waals surface area contributed by atoms with Crippen LogP contribution in [-0.2, 0) is 23.0 Å². The summed E-state index contributed by atoms with van der Waals surface area (Å²) >= 11 is 0. The molecular formula is C22H26N4O4. The molecular weight excluding hydrogens is 384 g/mol. The van der Waals surface area contributed by atoms with Gasteiger partial charge in [-0.1, -0.05) is 12.1 Å². The number of hydrogen-bond donors (Lipinski definition) is 1. The van der Waals surface area contributed by atoms with Crippen molar-refractivity contribution in [2.45, 2.75) is 26.7 Å². The van der Waals surface area contributed by atoms with Gasteiger partial charge in [0.25, 0.3) is 5.91 Å². The van der Waals surface area contributed by atoms with Crippen molar-refractivity contribution < 1.29 is 18.7 Å². The van der Waals surface area contributed by atoms with E-state index in [1.54, 1.807) is 11.0 Å². The third kappa shape index (κ3) is 3.82. The number of para-hydroxylation sites is 1. The minimum atomic E-state index is -0.233. The third-order valence-corrected chi connectivity index (χ3v) is 5.61. The molecule has 30 heavy (non-hydrogen) atoms. The number of rotatable bonds is 5. The van der Waals surface area contributed by atoms with E-state index in [1.165, 1.54) is 0 Å². The summed E-state index contributed by atoms with van der Waals surface area (Å²) in [4.78, 5) is 27.5. The van der Waals surface area contributed by atoms with Crippen molar-refractivity contribution in [3.63, 3.8) is 0 Å². The molecule has 1 aliphatic rings. The number of furan rings is 1. The molecule has 0 atom stereocenters. The Labute approximate surface area is 174 Å². The molecule has 2 amide bonds. The third-order valence-electron chi connectivity index (χ3n) is 5.61. The number of nitrogens with one attached hydrogen (secondary N) is 1. The number of ether oxygens (including phenoxy) is 1. The van der Waals surface area contributed by atoms with Crippen LogP contribution in [0.3, 0.4) is 0 Å². The predicted molar refractivity (Wildman–Crippen MR) is 113 cm³/mol. The van der Waals surface area contributed by atoms with E-state index in [0.717, 1.165) is 22.3 Å². The SMILES string of the molecule is Cc1nn(C)c(C)c1CCC(=O)Nc1c(C(=O)N2CCOCC2)oc2ccccc12. The number of carbonyl (C=O) groups is 2. The molecule has 3 aromatic rings. The minimum absolute atomic E-state index is 0.166. The van der Waals surface area contributed by atoms with Gasteiger partial charge in [0.05, 0.1) is 18.9 Å². The fraction of sp³-hybridized carbons (Fsp3) is 0.409. The Morgan fingerprint density at radius 3 is 2.60 bits per heavy atom. The van der Waals surface area contributed by atoms with Gasteiger partial charge >= 0.3 is 0 Å². The Morgan fingerprint density at radius 1 is 1.17 bits per heavy atom. The zero-order valence-corrected chi connectivity index (χ0v) is 17.5. The van der Waals surface area contributed by atoms with Crippen LogP contribution in [0.4, 0.5) is 5.69 Å². The lowest BCUT2D eigenvalue weighted by Gasteiger charge is -2.26. The number of hydrogen-bond acceptors (Lipinski definition) is 5. The first-order valence-corrected chi connectivity index (χ1v) is 10.1. The molecule has 0 aliphatic carbocycles. The summed E-state index contributed by atoms with van der Waals surface area (Å²) in [6.07, 6.45) is 0.873. The van der Waals surface area contributed by atoms with Crippen molar-refractivity contribution in [2.75, 3.05) is 31.6 Å². The molecule has 3 heterocycles. The van der Waals surface area contributed by atoms with Crippen LogP contribution < -0.4 is 5.32 Å². The number of carbonyl (C=O) groups excluding carboxylic acids is 2. The average Bonchev–Trinajstić information content (AvgIpc) is 3.23. The summed E-state index contributed by atoms with van der Waals surface area (Å²) in [7, 11) is 1.90. The molecule has 1 aromatic carbocycles. The maximum absolute atomic E-state index is 13.1. The number of morpholine rings is 1. The topological polar surface area (TPSA) is 89.6 Å². The molecule has 0 saturated carbocycles. The lowest BCUT2D eigenvalue weighted by molar-refractivity contribution is -0.116. The standard InChI is InChI=1S/C22H26N4O4/c1-14-16(15(2)25(3)24-14)8-9-19(27)23-20-17-6-4-5-7-18(17)30-21(20)22(28)26-10-12-29-13-11-26/h4-7H,8-13H2,1-3H3,(H,23,27). The lowest BCUT2D eigenvalue weighted by atomic mass is 10.1. The van der Waals surface area contributed by atoms with E-state index in [4.69, 9.17) is 9.15 Å². The number of nitrogens with zero attached hydrogens (tertiary/aromatic N) is 3. The highest BCUT2D eigenvalue weighted by Gasteiger charge is 2.27. The summed E-state index contributed by atoms with van der Waals surface area (Å²) in [6, 6.07) is 7.34. The maximum Gasteiger partial charge on any atom is 0.291 e. The lowest BCUT2D eigenvalue weighted by Crippen LogP contribution is -2.40. The first-order valence-electron chi connectivity index (χ1n) is 10.1. The van der Waals surface area contributed by atoms with E-state index in [0.29, 0.717) is 44.0 Å². The first-order chi connectivity index (χ1) is 14.5. The molecule has 8 heteroatoms. The van der Waals surface area contributed by atoms with Crippen molar-refractivity contribution in [3.8, 4) is 0 Å². The number of aromatic nitrogens is 2. The molecule has 1 saturated heterocycles. The zero-order chi connectivity index (χ0) is 21.3. The molecule has 1 fully saturated rings. The normalized spacial score (nSPS) is 14.3. The van der Waals surface area contributed by atoms with Crippen molar-refractivity contribution in [1.29, 1.82) is 0 Å². The fourth-order valence-electron chi connectivity index (χ4n) is 3.85. The zero-order valence-electron chi connectivity index (χ0n) is 17.5. The second-order valence-electron chi connectivity index (χ2n) is 7.53. The van der Waals surface area contributed by atoms with Gasteiger partial charge < -0.3 is 19.4 Å². The molecule has 8 nitrogen and oxygen atoms in total. The summed E-state index contributed by atoms with van der Waals surface area (Å²) in [6.45, 7) is 5.94. The van der Waals surface area contributed by atoms with Crippen molar-refractivity contribution in [1.82, 2.24) is 14.7 Å². The Kier molecular flexibility index (Phi) is 5.59. The molecule has 0 bridgehead atoms. The van der Waals surface area contributed by atoms with E-state index in [9.17, 15) is 9.59 Å². The van der Waals surface area contributed by atoms with E-state index in [-0.39, 0.29) is 24.0 Å². The van der Waals surface area contributed by atoms with Gasteiger partial charge in [-0.25, -0.2) is 0 Å². The quantitative estimate of drug-likeness (QED) is 0.699. The van der Waals surface area contributed by atoms with Gasteiger partial charge in [0.2, 0.25) is 11.7 Å². The van der Waals surface area contributed by atoms with Gasteiger partial charge in [0.1, 0.15) is 11.3 Å². The van der Waals surface area contributed by atoms with Crippen LogP contribution in [-0.4, -0.2) is 52.8 Å². The highest BCUT2D eigenvalue weighted by Crippen LogP contribution is 2.32. The summed E-state index contributed by atoms with van der Waals surface area (Å²) in [5.41, 5.74) is 4.07. The fourth-order valence-corrected chi connectivity index (χ4v) is 3.85. The van der Waals surface area contributed by atoms with Gasteiger partial charge in [-0.05, 0) is 38.0 Å². The van der Waals surface area contributed by atoms with Crippen molar-refractivity contribution >= 4 is 28.5 Å². The monoisotopic (exact) mass is 410 g/mol. The van der Waals surface area contributed by atoms with E-state index < -0.39 is 0 Å². The van der Waals surface area contributed by atoms with E-state index >= 15 is 0 Å². The second-order valence-corrected chi connectivity index (χ2v) is 7.53. The Hall–Kier alpha value is -3.13. The van der Waals surface area contributed by atoms with Crippen LogP contribution in [0.15, 0.2) is 28.7 Å². The maximum atomic E-state index is 13.1. The number of fused-ring (bicyclic) bond motifs is 1. The van der Waals surface area contributed by atoms with Crippen molar-refractivity contribution in [3.05, 3.63) is 47.0 Å². The smallest absolute Gasteiger partial charge is 0.291 e. The summed E-state index contributed by atoms with van der Waals surface area (Å²) in [5, 5.41) is 8.05. The molecule has 0 spiro atoms. The van der Waals surface area contributed by atoms with Crippen LogP contribution >= 0.6 is 0 Å². The molecule has 2 aromatic heterocycles. The Balaban J connectivity index is 1.56. The Bertz CT molecular complexity index is 1090. The summed E-state index contributed by atoms with van der Waals surface area (Å²) < 4.78 is 13.0. The van der Waals surface area contributed by atoms with Crippen LogP contribution in [0.5, 0.6) is 0 Å². The largest absolute Gasteiger partial charge is 0.449 e. The highest BCUT2D eigenvalue weighted by atomic mass is 16.5. The van der Waals surface area contributed by atoms with Crippen molar-refractivity contribution in [2.24, 2.45) is 7.05 Å². The van der Waals surface area contributed by atoms with E-state index in [2.05, 4.69) is 10.4 Å². The average molecular weight is 410 g/mol. The molecule has 0 radical (unpaired) electrons. The second kappa shape index (κ2) is 8.31. The molecule has 4 rings (SSSR count). The van der Waals surface area contributed by atoms with Crippen LogP contribution in [0.1, 0.15) is 33.9 Å². The number of aryl methyl sites for hydroxylation is 2. The molecule has 0 unspecified atom stereocenters. The van der Waals surface area contributed by atoms with Gasteiger partial charge in [0, 0.05) is 37.6 Å². The Morgan fingerprint density at radius 2 is 1.90 bits per heavy atom. The minimum Gasteiger partial charge on any atom is -0.449 e. The highest BCUT2D eigenvalue weighted by molar-refractivity contribution is 6.10. The van der Waals surface area contributed by atoms with Gasteiger partial charge in [-0.3, -0.25) is 14.3 Å². The number of anilines is 1. The number of benzene rings is 1. The molecule has 1 aliphatic heterocycles. The summed E-state index contributed by atoms with van der Waals surface area (Å²) in [5.74, 6) is -0.232. The number of amides is 2. The van der Waals surface area contributed by atoms with Crippen LogP contribution in [0.25, 0.3) is 11.0 Å². The van der Waals surface area contributed by atoms with Crippen LogP contribution in [0, 0.1) is 13.8 Å². The van der Waals surface area contributed by atoms with Gasteiger partial charge in [0.15, 0.2) is 0 Å². The van der Waals surface area contributed by atoms with E-state index in [1.807, 2.05) is 43.8 Å².